The molecule has 0 aliphatic carbocycles. The molecule has 1 aromatic heterocycles. The lowest BCUT2D eigenvalue weighted by atomic mass is 10.1. The topological polar surface area (TPSA) is 47.6 Å². The van der Waals surface area contributed by atoms with Crippen molar-refractivity contribution in [2.24, 2.45) is 0 Å². The second kappa shape index (κ2) is 5.79. The lowest BCUT2D eigenvalue weighted by molar-refractivity contribution is 0.103. The third kappa shape index (κ3) is 2.49. The molecule has 4 rings (SSSR count). The van der Waals surface area contributed by atoms with Gasteiger partial charge in [0.2, 0.25) is 0 Å². The zero-order chi connectivity index (χ0) is 16.7. The van der Waals surface area contributed by atoms with E-state index in [2.05, 4.69) is 5.32 Å². The van der Waals surface area contributed by atoms with E-state index in [-0.39, 0.29) is 11.7 Å². The largest absolute Gasteiger partial charge is 0.486 e. The van der Waals surface area contributed by atoms with E-state index in [0.717, 1.165) is 4.70 Å². The molecule has 4 nitrogen and oxygen atoms in total. The molecule has 1 amide bonds. The highest BCUT2D eigenvalue weighted by molar-refractivity contribution is 7.21. The van der Waals surface area contributed by atoms with E-state index in [1.165, 1.54) is 17.4 Å². The van der Waals surface area contributed by atoms with Crippen LogP contribution in [0.2, 0.25) is 0 Å². The van der Waals surface area contributed by atoms with Gasteiger partial charge < -0.3 is 14.8 Å². The number of benzene rings is 2. The van der Waals surface area contributed by atoms with Crippen LogP contribution in [0.25, 0.3) is 10.1 Å². The molecule has 0 bridgehead atoms. The fourth-order valence-corrected chi connectivity index (χ4v) is 3.90. The first-order chi connectivity index (χ1) is 11.6. The van der Waals surface area contributed by atoms with Crippen LogP contribution in [0.3, 0.4) is 0 Å². The number of rotatable bonds is 2. The predicted octanol–water partition coefficient (Wildman–Crippen LogP) is 4.37. The summed E-state index contributed by atoms with van der Waals surface area (Å²) in [7, 11) is 0. The highest BCUT2D eigenvalue weighted by atomic mass is 32.1. The van der Waals surface area contributed by atoms with Crippen molar-refractivity contribution in [2.45, 2.75) is 6.92 Å². The predicted molar refractivity (Wildman–Crippen MR) is 91.9 cm³/mol. The van der Waals surface area contributed by atoms with Gasteiger partial charge in [-0.2, -0.15) is 0 Å². The highest BCUT2D eigenvalue weighted by Crippen LogP contribution is 2.35. The summed E-state index contributed by atoms with van der Waals surface area (Å²) < 4.78 is 25.7. The van der Waals surface area contributed by atoms with Gasteiger partial charge in [-0.05, 0) is 36.8 Å². The van der Waals surface area contributed by atoms with Crippen molar-refractivity contribution >= 4 is 33.0 Å². The lowest BCUT2D eigenvalue weighted by Gasteiger charge is -2.18. The highest BCUT2D eigenvalue weighted by Gasteiger charge is 2.19. The Balaban J connectivity index is 1.65. The summed E-state index contributed by atoms with van der Waals surface area (Å²) >= 11 is 1.29. The minimum atomic E-state index is -0.306. The van der Waals surface area contributed by atoms with Crippen LogP contribution in [0.15, 0.2) is 36.4 Å². The molecule has 1 N–H and O–H groups in total. The quantitative estimate of drug-likeness (QED) is 0.751. The first kappa shape index (κ1) is 15.0. The maximum Gasteiger partial charge on any atom is 0.266 e. The van der Waals surface area contributed by atoms with Crippen molar-refractivity contribution in [3.63, 3.8) is 0 Å². The van der Waals surface area contributed by atoms with Crippen molar-refractivity contribution in [1.82, 2.24) is 0 Å². The van der Waals surface area contributed by atoms with Gasteiger partial charge in [0.15, 0.2) is 11.5 Å². The maximum atomic E-state index is 14.0. The lowest BCUT2D eigenvalue weighted by Crippen LogP contribution is -2.16. The van der Waals surface area contributed by atoms with Gasteiger partial charge in [-0.25, -0.2) is 4.39 Å². The fraction of sp³-hybridized carbons (Fsp3) is 0.167. The van der Waals surface area contributed by atoms with Crippen molar-refractivity contribution in [2.75, 3.05) is 18.5 Å². The normalized spacial score (nSPS) is 13.1. The average Bonchev–Trinajstić information content (AvgIpc) is 2.93. The van der Waals surface area contributed by atoms with Crippen molar-refractivity contribution in [3.8, 4) is 11.5 Å². The number of thiophene rings is 1. The second-order valence-corrected chi connectivity index (χ2v) is 6.53. The van der Waals surface area contributed by atoms with E-state index >= 15 is 0 Å². The number of amides is 1. The van der Waals surface area contributed by atoms with Gasteiger partial charge in [-0.3, -0.25) is 4.79 Å². The number of hydrogen-bond donors (Lipinski definition) is 1. The Morgan fingerprint density at radius 2 is 1.96 bits per heavy atom. The average molecular weight is 343 g/mol. The number of aryl methyl sites for hydroxylation is 1. The molecular formula is C18H14FNO3S. The summed E-state index contributed by atoms with van der Waals surface area (Å²) in [5, 5.41) is 3.35. The van der Waals surface area contributed by atoms with Crippen LogP contribution < -0.4 is 14.8 Å². The zero-order valence-electron chi connectivity index (χ0n) is 12.9. The molecule has 0 saturated heterocycles. The van der Waals surface area contributed by atoms with Crippen molar-refractivity contribution < 1.29 is 18.7 Å². The summed E-state index contributed by atoms with van der Waals surface area (Å²) in [5.74, 6) is 0.710. The van der Waals surface area contributed by atoms with Crippen molar-refractivity contribution in [1.29, 1.82) is 0 Å². The Morgan fingerprint density at radius 3 is 2.75 bits per heavy atom. The number of halogens is 1. The summed E-state index contributed by atoms with van der Waals surface area (Å²) in [6.45, 7) is 2.77. The molecule has 2 heterocycles. The van der Waals surface area contributed by atoms with Gasteiger partial charge in [-0.15, -0.1) is 11.3 Å². The van der Waals surface area contributed by atoms with Crippen LogP contribution in [0.4, 0.5) is 10.1 Å². The van der Waals surface area contributed by atoms with Crippen LogP contribution in [0.5, 0.6) is 11.5 Å². The molecular weight excluding hydrogens is 329 g/mol. The Kier molecular flexibility index (Phi) is 3.61. The van der Waals surface area contributed by atoms with Crippen LogP contribution in [-0.4, -0.2) is 19.1 Å². The molecule has 0 saturated carbocycles. The molecule has 1 aliphatic heterocycles. The standard InChI is InChI=1S/C18H14FNO3S/c1-10-16-12(19)3-2-4-15(16)24-17(10)18(21)20-11-5-6-13-14(9-11)23-8-7-22-13/h2-6,9H,7-8H2,1H3,(H,20,21). The number of fused-ring (bicyclic) bond motifs is 2. The maximum absolute atomic E-state index is 14.0. The van der Waals surface area contributed by atoms with Crippen LogP contribution >= 0.6 is 11.3 Å². The third-order valence-corrected chi connectivity index (χ3v) is 5.17. The van der Waals surface area contributed by atoms with Gasteiger partial charge in [-0.1, -0.05) is 6.07 Å². The molecule has 1 aliphatic rings. The van der Waals surface area contributed by atoms with Crippen LogP contribution in [0.1, 0.15) is 15.2 Å². The second-order valence-electron chi connectivity index (χ2n) is 5.48. The Labute approximate surface area is 141 Å². The van der Waals surface area contributed by atoms with E-state index in [0.29, 0.717) is 46.2 Å². The van der Waals surface area contributed by atoms with Gasteiger partial charge in [0.25, 0.3) is 5.91 Å². The van der Waals surface area contributed by atoms with Crippen LogP contribution in [0, 0.1) is 12.7 Å². The number of anilines is 1. The monoisotopic (exact) mass is 343 g/mol. The number of ether oxygens (including phenoxy) is 2. The molecule has 0 atom stereocenters. The fourth-order valence-electron chi connectivity index (χ4n) is 2.78. The summed E-state index contributed by atoms with van der Waals surface area (Å²) in [6, 6.07) is 10.1. The van der Waals surface area contributed by atoms with E-state index in [1.54, 1.807) is 31.2 Å². The molecule has 0 unspecified atom stereocenters. The van der Waals surface area contributed by atoms with E-state index in [4.69, 9.17) is 9.47 Å². The van der Waals surface area contributed by atoms with E-state index in [1.807, 2.05) is 6.07 Å². The molecule has 24 heavy (non-hydrogen) atoms. The SMILES string of the molecule is Cc1c(C(=O)Nc2ccc3c(c2)OCCO3)sc2cccc(F)c12. The number of nitrogens with one attached hydrogen (secondary N) is 1. The Bertz CT molecular complexity index is 951. The van der Waals surface area contributed by atoms with E-state index in [9.17, 15) is 9.18 Å². The molecule has 6 heteroatoms. The van der Waals surface area contributed by atoms with Gasteiger partial charge in [0.05, 0.1) is 4.88 Å². The molecule has 0 spiro atoms. The molecule has 0 fully saturated rings. The molecule has 0 radical (unpaired) electrons. The number of carbonyl (C=O) groups excluding carboxylic acids is 1. The van der Waals surface area contributed by atoms with Crippen molar-refractivity contribution in [3.05, 3.63) is 52.7 Å². The van der Waals surface area contributed by atoms with E-state index < -0.39 is 0 Å². The van der Waals surface area contributed by atoms with Gasteiger partial charge >= 0.3 is 0 Å². The van der Waals surface area contributed by atoms with Gasteiger partial charge in [0.1, 0.15) is 19.0 Å². The first-order valence-corrected chi connectivity index (χ1v) is 8.34. The number of carbonyl (C=O) groups is 1. The number of hydrogen-bond acceptors (Lipinski definition) is 4. The summed E-state index contributed by atoms with van der Waals surface area (Å²) in [5.41, 5.74) is 1.27. The molecule has 2 aromatic carbocycles. The molecule has 3 aromatic rings. The third-order valence-electron chi connectivity index (χ3n) is 3.91. The first-order valence-electron chi connectivity index (χ1n) is 7.52. The minimum Gasteiger partial charge on any atom is -0.486 e. The smallest absolute Gasteiger partial charge is 0.266 e. The summed E-state index contributed by atoms with van der Waals surface area (Å²) in [6.07, 6.45) is 0. The molecule has 122 valence electrons. The minimum absolute atomic E-state index is 0.259. The van der Waals surface area contributed by atoms with Gasteiger partial charge in [0, 0.05) is 21.8 Å². The summed E-state index contributed by atoms with van der Waals surface area (Å²) in [4.78, 5) is 13.1. The Morgan fingerprint density at radius 1 is 1.17 bits per heavy atom. The zero-order valence-corrected chi connectivity index (χ0v) is 13.7. The van der Waals surface area contributed by atoms with Crippen LogP contribution in [-0.2, 0) is 0 Å². The Hall–Kier alpha value is -2.60.